The summed E-state index contributed by atoms with van der Waals surface area (Å²) < 4.78 is 26.9. The molecular formula is C29H41NO11. The summed E-state index contributed by atoms with van der Waals surface area (Å²) in [5, 5.41) is 7.32. The molecular weight excluding hydrogens is 538 g/mol. The molecule has 0 aliphatic carbocycles. The van der Waals surface area contributed by atoms with E-state index in [1.54, 1.807) is 29.7 Å². The Labute approximate surface area is 240 Å². The van der Waals surface area contributed by atoms with Crippen molar-refractivity contribution in [3.8, 4) is 5.75 Å². The van der Waals surface area contributed by atoms with Gasteiger partial charge in [0, 0.05) is 39.3 Å². The summed E-state index contributed by atoms with van der Waals surface area (Å²) in [6, 6.07) is 16.5. The first-order chi connectivity index (χ1) is 19.6. The quantitative estimate of drug-likeness (QED) is 0.173. The number of hydrogen-bond acceptors (Lipinski definition) is 12. The molecule has 1 fully saturated rings. The van der Waals surface area contributed by atoms with Crippen LogP contribution in [0, 0.1) is 0 Å². The number of hydrogen-bond donors (Lipinski definition) is 2. The van der Waals surface area contributed by atoms with Gasteiger partial charge in [-0.15, -0.1) is 0 Å². The van der Waals surface area contributed by atoms with Crippen LogP contribution in [0.5, 0.6) is 5.75 Å². The fourth-order valence-corrected chi connectivity index (χ4v) is 3.59. The van der Waals surface area contributed by atoms with Gasteiger partial charge in [0.25, 0.3) is 0 Å². The summed E-state index contributed by atoms with van der Waals surface area (Å²) in [5.41, 5.74) is 3.29. The lowest BCUT2D eigenvalue weighted by molar-refractivity contribution is -0.333. The van der Waals surface area contributed by atoms with E-state index >= 15 is 0 Å². The van der Waals surface area contributed by atoms with Gasteiger partial charge in [0.15, 0.2) is 5.78 Å². The van der Waals surface area contributed by atoms with E-state index in [9.17, 15) is 14.4 Å². The van der Waals surface area contributed by atoms with Gasteiger partial charge in [0.1, 0.15) is 24.6 Å². The lowest BCUT2D eigenvalue weighted by atomic mass is 10.0. The van der Waals surface area contributed by atoms with Gasteiger partial charge in [-0.25, -0.2) is 15.3 Å². The molecule has 1 aliphatic heterocycles. The Balaban J connectivity index is 0.000000930. The molecule has 2 aromatic carbocycles. The summed E-state index contributed by atoms with van der Waals surface area (Å²) >= 11 is 0. The molecule has 4 atom stereocenters. The standard InChI is InChI=1S/C25H30O8.C3H6O2.CH5NO/c1-17(33-28-3)24-13-22(30-18(2)26)14-25(32-24)31-21-11-9-20(10-12-21)23(27)16-29-15-19-7-5-4-6-8-19;1-3(4)5-2;1-2-3/h4-12,17,22,24-25H,13-16H2,1-3H3;1-2H3;2-3H,1H3. The first-order valence-corrected chi connectivity index (χ1v) is 12.9. The van der Waals surface area contributed by atoms with Gasteiger partial charge in [-0.2, -0.15) is 0 Å². The second-order valence-corrected chi connectivity index (χ2v) is 8.74. The number of carbonyl (C=O) groups excluding carboxylic acids is 3. The number of ether oxygens (including phenoxy) is 5. The molecule has 41 heavy (non-hydrogen) atoms. The van der Waals surface area contributed by atoms with E-state index in [0.29, 0.717) is 30.8 Å². The van der Waals surface area contributed by atoms with Gasteiger partial charge in [-0.05, 0) is 36.8 Å². The maximum absolute atomic E-state index is 12.4. The van der Waals surface area contributed by atoms with Gasteiger partial charge < -0.3 is 28.9 Å². The monoisotopic (exact) mass is 579 g/mol. The lowest BCUT2D eigenvalue weighted by Gasteiger charge is -2.36. The third kappa shape index (κ3) is 15.3. The molecule has 0 radical (unpaired) electrons. The van der Waals surface area contributed by atoms with Crippen LogP contribution in [0.1, 0.15) is 49.5 Å². The van der Waals surface area contributed by atoms with Crippen LogP contribution >= 0.6 is 0 Å². The molecule has 12 heteroatoms. The highest BCUT2D eigenvalue weighted by atomic mass is 17.2. The van der Waals surface area contributed by atoms with Crippen molar-refractivity contribution in [2.24, 2.45) is 0 Å². The predicted octanol–water partition coefficient (Wildman–Crippen LogP) is 3.64. The molecule has 0 bridgehead atoms. The minimum absolute atomic E-state index is 0.00995. The molecule has 1 saturated heterocycles. The fraction of sp³-hybridized carbons (Fsp3) is 0.483. The highest BCUT2D eigenvalue weighted by Gasteiger charge is 2.36. The van der Waals surface area contributed by atoms with Gasteiger partial charge in [0.2, 0.25) is 6.29 Å². The SMILES string of the molecule is CNO.COC(C)=O.COOC(C)C1CC(OC(C)=O)CC(Oc2ccc(C(=O)COCc3ccccc3)cc2)O1. The van der Waals surface area contributed by atoms with E-state index in [-0.39, 0.29) is 42.6 Å². The number of rotatable bonds is 11. The number of ketones is 1. The van der Waals surface area contributed by atoms with E-state index in [0.717, 1.165) is 5.56 Å². The van der Waals surface area contributed by atoms with E-state index in [2.05, 4.69) is 4.74 Å². The van der Waals surface area contributed by atoms with Crippen molar-refractivity contribution in [1.82, 2.24) is 5.48 Å². The third-order valence-corrected chi connectivity index (χ3v) is 5.46. The van der Waals surface area contributed by atoms with Crippen molar-refractivity contribution in [3.05, 3.63) is 65.7 Å². The van der Waals surface area contributed by atoms with Crippen molar-refractivity contribution in [3.63, 3.8) is 0 Å². The van der Waals surface area contributed by atoms with Crippen molar-refractivity contribution in [2.45, 2.75) is 64.8 Å². The first kappa shape index (κ1) is 35.6. The number of esters is 2. The fourth-order valence-electron chi connectivity index (χ4n) is 3.59. The number of carbonyl (C=O) groups is 3. The van der Waals surface area contributed by atoms with Crippen LogP contribution in [-0.2, 0) is 44.9 Å². The Morgan fingerprint density at radius 1 is 1.00 bits per heavy atom. The number of Topliss-reactive ketones (excluding diaryl/α,β-unsaturated/α-hetero) is 1. The first-order valence-electron chi connectivity index (χ1n) is 12.9. The predicted molar refractivity (Wildman–Crippen MR) is 147 cm³/mol. The zero-order valence-corrected chi connectivity index (χ0v) is 24.4. The normalized spacial score (nSPS) is 18.4. The highest BCUT2D eigenvalue weighted by Crippen LogP contribution is 2.28. The number of nitrogens with one attached hydrogen (secondary N) is 1. The molecule has 0 amide bonds. The van der Waals surface area contributed by atoms with Crippen LogP contribution in [-0.4, -0.2) is 75.4 Å². The van der Waals surface area contributed by atoms with E-state index in [1.165, 1.54) is 35.1 Å². The Morgan fingerprint density at radius 3 is 2.15 bits per heavy atom. The maximum atomic E-state index is 12.4. The zero-order chi connectivity index (χ0) is 30.6. The van der Waals surface area contributed by atoms with Crippen LogP contribution in [0.4, 0.5) is 0 Å². The highest BCUT2D eigenvalue weighted by molar-refractivity contribution is 5.97. The Bertz CT molecular complexity index is 1020. The average molecular weight is 580 g/mol. The van der Waals surface area contributed by atoms with Crippen molar-refractivity contribution in [2.75, 3.05) is 27.9 Å². The van der Waals surface area contributed by atoms with Gasteiger partial charge in [0.05, 0.1) is 26.9 Å². The molecule has 2 N–H and O–H groups in total. The van der Waals surface area contributed by atoms with Gasteiger partial charge >= 0.3 is 11.9 Å². The molecule has 2 aromatic rings. The molecule has 228 valence electrons. The van der Waals surface area contributed by atoms with E-state index in [4.69, 9.17) is 33.9 Å². The van der Waals surface area contributed by atoms with Crippen LogP contribution in [0.25, 0.3) is 0 Å². The minimum atomic E-state index is -0.647. The van der Waals surface area contributed by atoms with Crippen LogP contribution in [0.2, 0.25) is 0 Å². The van der Waals surface area contributed by atoms with Crippen molar-refractivity contribution < 1.29 is 53.1 Å². The van der Waals surface area contributed by atoms with Crippen molar-refractivity contribution in [1.29, 1.82) is 0 Å². The number of methoxy groups -OCH3 is 1. The largest absolute Gasteiger partial charge is 0.469 e. The minimum Gasteiger partial charge on any atom is -0.469 e. The second-order valence-electron chi connectivity index (χ2n) is 8.74. The Hall–Kier alpha value is -3.39. The molecule has 1 heterocycles. The molecule has 12 nitrogen and oxygen atoms in total. The summed E-state index contributed by atoms with van der Waals surface area (Å²) in [4.78, 5) is 43.3. The van der Waals surface area contributed by atoms with Gasteiger partial charge in [-0.1, -0.05) is 30.3 Å². The maximum Gasteiger partial charge on any atom is 0.302 e. The Morgan fingerprint density at radius 2 is 1.61 bits per heavy atom. The summed E-state index contributed by atoms with van der Waals surface area (Å²) in [6.07, 6.45) is -0.918. The second kappa shape index (κ2) is 20.5. The molecule has 4 unspecified atom stereocenters. The smallest absolute Gasteiger partial charge is 0.302 e. The van der Waals surface area contributed by atoms with Crippen LogP contribution < -0.4 is 10.2 Å². The topological polar surface area (TPSA) is 148 Å². The van der Waals surface area contributed by atoms with Crippen LogP contribution in [0.15, 0.2) is 54.6 Å². The molecule has 3 rings (SSSR count). The molecule has 0 saturated carbocycles. The molecule has 0 spiro atoms. The summed E-state index contributed by atoms with van der Waals surface area (Å²) in [5.74, 6) is -0.196. The molecule has 0 aromatic heterocycles. The molecule has 1 aliphatic rings. The zero-order valence-electron chi connectivity index (χ0n) is 24.4. The van der Waals surface area contributed by atoms with Crippen molar-refractivity contribution >= 4 is 17.7 Å². The van der Waals surface area contributed by atoms with E-state index in [1.807, 2.05) is 37.3 Å². The number of benzene rings is 2. The summed E-state index contributed by atoms with van der Waals surface area (Å²) in [7, 11) is 4.20. The van der Waals surface area contributed by atoms with Crippen LogP contribution in [0.3, 0.4) is 0 Å². The van der Waals surface area contributed by atoms with E-state index < -0.39 is 6.29 Å². The third-order valence-electron chi connectivity index (χ3n) is 5.46. The lowest BCUT2D eigenvalue weighted by Crippen LogP contribution is -2.45. The average Bonchev–Trinajstić information content (AvgIpc) is 2.94. The Kier molecular flexibility index (Phi) is 17.8. The number of hydroxylamine groups is 1. The van der Waals surface area contributed by atoms with Gasteiger partial charge in [-0.3, -0.25) is 14.4 Å². The summed E-state index contributed by atoms with van der Waals surface area (Å²) in [6.45, 7) is 4.91.